The van der Waals surface area contributed by atoms with Crippen LogP contribution >= 0.6 is 0 Å². The number of rotatable bonds is 6. The van der Waals surface area contributed by atoms with Gasteiger partial charge in [-0.3, -0.25) is 15.4 Å². The number of ether oxygens (including phenoxy) is 1. The van der Waals surface area contributed by atoms with Gasteiger partial charge >= 0.3 is 6.03 Å². The van der Waals surface area contributed by atoms with Crippen LogP contribution in [-0.2, 0) is 6.61 Å². The molecule has 1 aromatic heterocycles. The van der Waals surface area contributed by atoms with Gasteiger partial charge in [-0.2, -0.15) is 0 Å². The third kappa shape index (κ3) is 5.02. The lowest BCUT2D eigenvalue weighted by molar-refractivity contribution is -0.384. The highest BCUT2D eigenvalue weighted by Gasteiger charge is 2.10. The monoisotopic (exact) mass is 364 g/mol. The number of pyridine rings is 1. The van der Waals surface area contributed by atoms with Crippen LogP contribution in [0.4, 0.5) is 22.0 Å². The van der Waals surface area contributed by atoms with E-state index in [2.05, 4.69) is 15.6 Å². The number of non-ortho nitro benzene ring substituents is 1. The Hall–Kier alpha value is -3.94. The maximum Gasteiger partial charge on any atom is 0.324 e. The molecule has 0 unspecified atom stereocenters. The molecular weight excluding hydrogens is 348 g/mol. The van der Waals surface area contributed by atoms with Crippen molar-refractivity contribution in [3.05, 3.63) is 88.6 Å². The van der Waals surface area contributed by atoms with E-state index in [1.807, 2.05) is 30.3 Å². The molecular formula is C19H16N4O4. The molecule has 27 heavy (non-hydrogen) atoms. The van der Waals surface area contributed by atoms with E-state index in [-0.39, 0.29) is 11.5 Å². The molecule has 2 amide bonds. The predicted octanol–water partition coefficient (Wildman–Crippen LogP) is 4.21. The number of benzene rings is 2. The van der Waals surface area contributed by atoms with Crippen LogP contribution in [0.5, 0.6) is 5.75 Å². The molecule has 0 atom stereocenters. The van der Waals surface area contributed by atoms with Gasteiger partial charge in [0.05, 0.1) is 4.92 Å². The van der Waals surface area contributed by atoms with Gasteiger partial charge in [0.1, 0.15) is 6.61 Å². The first-order valence-electron chi connectivity index (χ1n) is 8.06. The summed E-state index contributed by atoms with van der Waals surface area (Å²) in [5.74, 6) is 0.702. The average molecular weight is 364 g/mol. The van der Waals surface area contributed by atoms with E-state index in [4.69, 9.17) is 4.74 Å². The van der Waals surface area contributed by atoms with Gasteiger partial charge in [0.2, 0.25) is 0 Å². The van der Waals surface area contributed by atoms with Crippen molar-refractivity contribution in [1.29, 1.82) is 0 Å². The standard InChI is InChI=1S/C19H16N4O4/c24-19(21-15-8-10-16(11-9-15)23(25)26)22-18-17(7-4-12-20-18)27-13-14-5-2-1-3-6-14/h1-12H,13H2,(H2,20,21,22,24). The number of nitrogens with zero attached hydrogens (tertiary/aromatic N) is 2. The number of hydrogen-bond donors (Lipinski definition) is 2. The van der Waals surface area contributed by atoms with E-state index in [0.29, 0.717) is 18.0 Å². The summed E-state index contributed by atoms with van der Waals surface area (Å²) in [6.07, 6.45) is 1.54. The third-order valence-corrected chi connectivity index (χ3v) is 3.58. The summed E-state index contributed by atoms with van der Waals surface area (Å²) < 4.78 is 5.74. The number of carbonyl (C=O) groups excluding carboxylic acids is 1. The number of nitro groups is 1. The topological polar surface area (TPSA) is 106 Å². The van der Waals surface area contributed by atoms with Crippen molar-refractivity contribution >= 4 is 23.2 Å². The fourth-order valence-corrected chi connectivity index (χ4v) is 2.27. The minimum absolute atomic E-state index is 0.0534. The lowest BCUT2D eigenvalue weighted by Crippen LogP contribution is -2.20. The molecule has 0 bridgehead atoms. The summed E-state index contributed by atoms with van der Waals surface area (Å²) in [6.45, 7) is 0.338. The molecule has 2 N–H and O–H groups in total. The maximum absolute atomic E-state index is 12.2. The second kappa shape index (κ2) is 8.43. The first-order chi connectivity index (χ1) is 13.1. The highest BCUT2D eigenvalue weighted by atomic mass is 16.6. The molecule has 0 saturated heterocycles. The SMILES string of the molecule is O=C(Nc1ccc([N+](=O)[O-])cc1)Nc1ncccc1OCc1ccccc1. The molecule has 2 aromatic carbocycles. The molecule has 8 heteroatoms. The summed E-state index contributed by atoms with van der Waals surface area (Å²) in [5, 5.41) is 15.9. The Balaban J connectivity index is 1.63. The van der Waals surface area contributed by atoms with Gasteiger partial charge in [0, 0.05) is 24.0 Å². The van der Waals surface area contributed by atoms with Crippen LogP contribution in [0, 0.1) is 10.1 Å². The molecule has 0 fully saturated rings. The van der Waals surface area contributed by atoms with E-state index in [0.717, 1.165) is 5.56 Å². The summed E-state index contributed by atoms with van der Waals surface area (Å²) in [7, 11) is 0. The molecule has 0 saturated carbocycles. The third-order valence-electron chi connectivity index (χ3n) is 3.58. The summed E-state index contributed by atoms with van der Waals surface area (Å²) in [5.41, 5.74) is 1.35. The Morgan fingerprint density at radius 1 is 1.00 bits per heavy atom. The second-order valence-corrected chi connectivity index (χ2v) is 5.51. The normalized spacial score (nSPS) is 10.1. The quantitative estimate of drug-likeness (QED) is 0.503. The lowest BCUT2D eigenvalue weighted by Gasteiger charge is -2.12. The molecule has 0 aliphatic heterocycles. The zero-order valence-corrected chi connectivity index (χ0v) is 14.2. The fourth-order valence-electron chi connectivity index (χ4n) is 2.27. The fraction of sp³-hybridized carbons (Fsp3) is 0.0526. The molecule has 1 heterocycles. The number of carbonyl (C=O) groups is 1. The summed E-state index contributed by atoms with van der Waals surface area (Å²) >= 11 is 0. The van der Waals surface area contributed by atoms with E-state index >= 15 is 0 Å². The van der Waals surface area contributed by atoms with E-state index in [9.17, 15) is 14.9 Å². The minimum atomic E-state index is -0.535. The van der Waals surface area contributed by atoms with Crippen molar-refractivity contribution in [1.82, 2.24) is 4.98 Å². The van der Waals surface area contributed by atoms with Gasteiger partial charge in [0.25, 0.3) is 5.69 Å². The van der Waals surface area contributed by atoms with Gasteiger partial charge in [-0.15, -0.1) is 0 Å². The average Bonchev–Trinajstić information content (AvgIpc) is 2.68. The molecule has 0 aliphatic carbocycles. The van der Waals surface area contributed by atoms with Crippen LogP contribution in [0.25, 0.3) is 0 Å². The van der Waals surface area contributed by atoms with Crippen LogP contribution in [0.15, 0.2) is 72.9 Å². The van der Waals surface area contributed by atoms with Crippen LogP contribution in [0.2, 0.25) is 0 Å². The van der Waals surface area contributed by atoms with Gasteiger partial charge in [0.15, 0.2) is 11.6 Å². The van der Waals surface area contributed by atoms with Crippen LogP contribution < -0.4 is 15.4 Å². The van der Waals surface area contributed by atoms with Gasteiger partial charge in [-0.25, -0.2) is 9.78 Å². The van der Waals surface area contributed by atoms with Crippen LogP contribution in [-0.4, -0.2) is 15.9 Å². The number of anilines is 2. The highest BCUT2D eigenvalue weighted by Crippen LogP contribution is 2.22. The van der Waals surface area contributed by atoms with E-state index in [1.165, 1.54) is 30.5 Å². The zero-order valence-electron chi connectivity index (χ0n) is 14.2. The van der Waals surface area contributed by atoms with Crippen LogP contribution in [0.3, 0.4) is 0 Å². The van der Waals surface area contributed by atoms with Gasteiger partial charge in [-0.05, 0) is 29.8 Å². The van der Waals surface area contributed by atoms with Crippen molar-refractivity contribution in [2.24, 2.45) is 0 Å². The van der Waals surface area contributed by atoms with E-state index in [1.54, 1.807) is 12.1 Å². The van der Waals surface area contributed by atoms with Gasteiger partial charge in [-0.1, -0.05) is 30.3 Å². The Labute approximate surface area is 155 Å². The first-order valence-corrected chi connectivity index (χ1v) is 8.06. The second-order valence-electron chi connectivity index (χ2n) is 5.51. The Morgan fingerprint density at radius 3 is 2.44 bits per heavy atom. The molecule has 0 spiro atoms. The van der Waals surface area contributed by atoms with Crippen molar-refractivity contribution in [3.63, 3.8) is 0 Å². The molecule has 136 valence electrons. The van der Waals surface area contributed by atoms with Crippen molar-refractivity contribution in [2.75, 3.05) is 10.6 Å². The van der Waals surface area contributed by atoms with Gasteiger partial charge < -0.3 is 10.1 Å². The maximum atomic E-state index is 12.2. The minimum Gasteiger partial charge on any atom is -0.485 e. The van der Waals surface area contributed by atoms with Crippen molar-refractivity contribution < 1.29 is 14.5 Å². The number of urea groups is 1. The zero-order chi connectivity index (χ0) is 19.1. The summed E-state index contributed by atoms with van der Waals surface area (Å²) in [4.78, 5) is 26.5. The summed E-state index contributed by atoms with van der Waals surface area (Å²) in [6, 6.07) is 18.0. The Morgan fingerprint density at radius 2 is 1.74 bits per heavy atom. The largest absolute Gasteiger partial charge is 0.485 e. The molecule has 3 rings (SSSR count). The highest BCUT2D eigenvalue weighted by molar-refractivity contribution is 5.99. The van der Waals surface area contributed by atoms with Crippen molar-refractivity contribution in [3.8, 4) is 5.75 Å². The Bertz CT molecular complexity index is 930. The predicted molar refractivity (Wildman–Crippen MR) is 101 cm³/mol. The first kappa shape index (κ1) is 17.9. The van der Waals surface area contributed by atoms with Crippen LogP contribution in [0.1, 0.15) is 5.56 Å². The molecule has 3 aromatic rings. The smallest absolute Gasteiger partial charge is 0.324 e. The number of nitro benzene ring substituents is 1. The number of amides is 2. The number of aromatic nitrogens is 1. The lowest BCUT2D eigenvalue weighted by atomic mass is 10.2. The molecule has 8 nitrogen and oxygen atoms in total. The molecule has 0 radical (unpaired) electrons. The Kier molecular flexibility index (Phi) is 5.58. The molecule has 0 aliphatic rings. The number of hydrogen-bond acceptors (Lipinski definition) is 5. The van der Waals surface area contributed by atoms with E-state index < -0.39 is 11.0 Å². The number of nitrogens with one attached hydrogen (secondary N) is 2. The van der Waals surface area contributed by atoms with Crippen molar-refractivity contribution in [2.45, 2.75) is 6.61 Å².